The molecule has 4 atom stereocenters. The molecule has 0 aliphatic heterocycles. The Bertz CT molecular complexity index is 469. The van der Waals surface area contributed by atoms with Gasteiger partial charge in [-0.3, -0.25) is 0 Å². The van der Waals surface area contributed by atoms with Crippen LogP contribution in [-0.4, -0.2) is 29.4 Å². The van der Waals surface area contributed by atoms with Gasteiger partial charge in [-0.05, 0) is 62.3 Å². The van der Waals surface area contributed by atoms with E-state index in [1.807, 2.05) is 19.2 Å². The molecule has 24 heavy (non-hydrogen) atoms. The maximum absolute atomic E-state index is 10.4. The van der Waals surface area contributed by atoms with Crippen LogP contribution in [0.3, 0.4) is 0 Å². The van der Waals surface area contributed by atoms with E-state index in [-0.39, 0.29) is 17.9 Å². The summed E-state index contributed by atoms with van der Waals surface area (Å²) in [5.41, 5.74) is 1.11. The van der Waals surface area contributed by atoms with Crippen LogP contribution in [0.2, 0.25) is 0 Å². The number of aromatic hydroxyl groups is 1. The molecule has 0 spiro atoms. The molecular formula is C21H35NO2. The molecule has 1 aromatic carbocycles. The highest BCUT2D eigenvalue weighted by molar-refractivity contribution is 5.26. The van der Waals surface area contributed by atoms with Crippen molar-refractivity contribution in [3.05, 3.63) is 42.0 Å². The molecule has 0 saturated carbocycles. The van der Waals surface area contributed by atoms with Gasteiger partial charge in [0, 0.05) is 6.04 Å². The number of phenolic OH excluding ortho intramolecular Hbond substituents is 1. The van der Waals surface area contributed by atoms with Crippen molar-refractivity contribution >= 4 is 0 Å². The van der Waals surface area contributed by atoms with Gasteiger partial charge in [-0.1, -0.05) is 51.5 Å². The van der Waals surface area contributed by atoms with E-state index in [4.69, 9.17) is 0 Å². The van der Waals surface area contributed by atoms with E-state index in [2.05, 4.69) is 38.2 Å². The molecule has 1 aromatic rings. The first-order valence-corrected chi connectivity index (χ1v) is 9.26. The van der Waals surface area contributed by atoms with Gasteiger partial charge in [-0.25, -0.2) is 0 Å². The van der Waals surface area contributed by atoms with Crippen LogP contribution in [0.15, 0.2) is 36.4 Å². The quantitative estimate of drug-likeness (QED) is 0.529. The molecule has 0 unspecified atom stereocenters. The molecule has 0 saturated heterocycles. The molecule has 3 nitrogen and oxygen atoms in total. The van der Waals surface area contributed by atoms with Gasteiger partial charge in [0.25, 0.3) is 0 Å². The smallest absolute Gasteiger partial charge is 0.115 e. The van der Waals surface area contributed by atoms with E-state index in [0.29, 0.717) is 5.92 Å². The standard InChI is InChI=1S/C21H35NO2/c1-5-16(2)14-17(3)8-6-7-9-21(24)20(22-4)15-18-10-12-19(23)13-11-18/h6,8,10-13,16-17,20-24H,5,7,9,14-15H2,1-4H3/b8-6+/t16-,17-,20-,21+/m0/s1. The Hall–Kier alpha value is -1.32. The Morgan fingerprint density at radius 1 is 1.17 bits per heavy atom. The van der Waals surface area contributed by atoms with Gasteiger partial charge in [-0.2, -0.15) is 0 Å². The van der Waals surface area contributed by atoms with Crippen LogP contribution in [0.25, 0.3) is 0 Å². The number of hydrogen-bond acceptors (Lipinski definition) is 3. The lowest BCUT2D eigenvalue weighted by Gasteiger charge is -2.22. The Kier molecular flexibility index (Phi) is 9.73. The summed E-state index contributed by atoms with van der Waals surface area (Å²) in [5, 5.41) is 23.0. The Balaban J connectivity index is 2.38. The average Bonchev–Trinajstić information content (AvgIpc) is 2.57. The van der Waals surface area contributed by atoms with Gasteiger partial charge in [0.15, 0.2) is 0 Å². The van der Waals surface area contributed by atoms with Crippen LogP contribution < -0.4 is 5.32 Å². The number of phenols is 1. The monoisotopic (exact) mass is 333 g/mol. The number of aliphatic hydroxyl groups excluding tert-OH is 1. The zero-order valence-corrected chi connectivity index (χ0v) is 15.7. The van der Waals surface area contributed by atoms with Gasteiger partial charge in [0.2, 0.25) is 0 Å². The predicted octanol–water partition coefficient (Wildman–Crippen LogP) is 4.29. The maximum atomic E-state index is 10.4. The summed E-state index contributed by atoms with van der Waals surface area (Å²) >= 11 is 0. The molecule has 0 aromatic heterocycles. The second-order valence-electron chi connectivity index (χ2n) is 7.06. The van der Waals surface area contributed by atoms with Crippen molar-refractivity contribution in [3.8, 4) is 5.75 Å². The van der Waals surface area contributed by atoms with Gasteiger partial charge in [0.1, 0.15) is 5.75 Å². The fraction of sp³-hybridized carbons (Fsp3) is 0.619. The Labute approximate surface area is 147 Å². The van der Waals surface area contributed by atoms with Crippen LogP contribution >= 0.6 is 0 Å². The molecule has 0 radical (unpaired) electrons. The number of likely N-dealkylation sites (N-methyl/N-ethyl adjacent to an activating group) is 1. The minimum absolute atomic E-state index is 0.0282. The zero-order chi connectivity index (χ0) is 17.9. The van der Waals surface area contributed by atoms with Crippen LogP contribution in [0, 0.1) is 11.8 Å². The second kappa shape index (κ2) is 11.3. The largest absolute Gasteiger partial charge is 0.508 e. The van der Waals surface area contributed by atoms with E-state index < -0.39 is 0 Å². The molecule has 0 aliphatic carbocycles. The van der Waals surface area contributed by atoms with E-state index in [9.17, 15) is 10.2 Å². The second-order valence-corrected chi connectivity index (χ2v) is 7.06. The highest BCUT2D eigenvalue weighted by Gasteiger charge is 2.17. The van der Waals surface area contributed by atoms with Gasteiger partial charge >= 0.3 is 0 Å². The van der Waals surface area contributed by atoms with E-state index >= 15 is 0 Å². The predicted molar refractivity (Wildman–Crippen MR) is 102 cm³/mol. The summed E-state index contributed by atoms with van der Waals surface area (Å²) < 4.78 is 0. The fourth-order valence-electron chi connectivity index (χ4n) is 2.99. The number of benzene rings is 1. The van der Waals surface area contributed by atoms with Crippen molar-refractivity contribution in [2.45, 2.75) is 65.0 Å². The van der Waals surface area contributed by atoms with Crippen molar-refractivity contribution < 1.29 is 10.2 Å². The van der Waals surface area contributed by atoms with Crippen molar-refractivity contribution in [1.82, 2.24) is 5.32 Å². The Morgan fingerprint density at radius 3 is 2.42 bits per heavy atom. The SMILES string of the molecule is CC[C@H](C)C[C@@H](C)/C=C/CC[C@@H](O)[C@H](Cc1ccc(O)cc1)NC. The molecule has 0 bridgehead atoms. The first-order valence-electron chi connectivity index (χ1n) is 9.26. The summed E-state index contributed by atoms with van der Waals surface area (Å²) in [5.74, 6) is 1.65. The minimum Gasteiger partial charge on any atom is -0.508 e. The summed E-state index contributed by atoms with van der Waals surface area (Å²) in [6.07, 6.45) is 9.00. The summed E-state index contributed by atoms with van der Waals surface area (Å²) in [4.78, 5) is 0. The summed E-state index contributed by atoms with van der Waals surface area (Å²) in [6, 6.07) is 7.22. The maximum Gasteiger partial charge on any atom is 0.115 e. The van der Waals surface area contributed by atoms with E-state index in [1.165, 1.54) is 12.8 Å². The van der Waals surface area contributed by atoms with E-state index in [1.54, 1.807) is 12.1 Å². The number of rotatable bonds is 11. The van der Waals surface area contributed by atoms with Gasteiger partial charge in [0.05, 0.1) is 6.10 Å². The van der Waals surface area contributed by atoms with Crippen molar-refractivity contribution in [2.75, 3.05) is 7.05 Å². The lowest BCUT2D eigenvalue weighted by atomic mass is 9.94. The fourth-order valence-corrected chi connectivity index (χ4v) is 2.99. The third-order valence-corrected chi connectivity index (χ3v) is 4.79. The topological polar surface area (TPSA) is 52.5 Å². The zero-order valence-electron chi connectivity index (χ0n) is 15.7. The normalized spacial score (nSPS) is 16.9. The minimum atomic E-state index is -0.377. The summed E-state index contributed by atoms with van der Waals surface area (Å²) in [7, 11) is 1.89. The van der Waals surface area contributed by atoms with Crippen molar-refractivity contribution in [3.63, 3.8) is 0 Å². The van der Waals surface area contributed by atoms with Crippen LogP contribution in [-0.2, 0) is 6.42 Å². The lowest BCUT2D eigenvalue weighted by molar-refractivity contribution is 0.122. The molecule has 0 amide bonds. The first kappa shape index (κ1) is 20.7. The third kappa shape index (κ3) is 7.98. The molecule has 0 aliphatic rings. The number of allylic oxidation sites excluding steroid dienone is 2. The van der Waals surface area contributed by atoms with Crippen LogP contribution in [0.4, 0.5) is 0 Å². The number of aliphatic hydroxyl groups is 1. The van der Waals surface area contributed by atoms with E-state index in [0.717, 1.165) is 30.7 Å². The molecule has 3 N–H and O–H groups in total. The molecule has 0 fully saturated rings. The Morgan fingerprint density at radius 2 is 1.83 bits per heavy atom. The first-order chi connectivity index (χ1) is 11.5. The van der Waals surface area contributed by atoms with Gasteiger partial charge < -0.3 is 15.5 Å². The van der Waals surface area contributed by atoms with Crippen LogP contribution in [0.5, 0.6) is 5.75 Å². The number of hydrogen-bond donors (Lipinski definition) is 3. The van der Waals surface area contributed by atoms with Crippen LogP contribution in [0.1, 0.15) is 52.0 Å². The summed E-state index contributed by atoms with van der Waals surface area (Å²) in [6.45, 7) is 6.80. The molecular weight excluding hydrogens is 298 g/mol. The highest BCUT2D eigenvalue weighted by Crippen LogP contribution is 2.17. The van der Waals surface area contributed by atoms with Crippen molar-refractivity contribution in [1.29, 1.82) is 0 Å². The average molecular weight is 334 g/mol. The molecule has 136 valence electrons. The van der Waals surface area contributed by atoms with Crippen molar-refractivity contribution in [2.24, 2.45) is 11.8 Å². The molecule has 0 heterocycles. The third-order valence-electron chi connectivity index (χ3n) is 4.79. The molecule has 1 rings (SSSR count). The lowest BCUT2D eigenvalue weighted by Crippen LogP contribution is -2.39. The highest BCUT2D eigenvalue weighted by atomic mass is 16.3. The molecule has 3 heteroatoms. The van der Waals surface area contributed by atoms with Gasteiger partial charge in [-0.15, -0.1) is 0 Å². The number of nitrogens with one attached hydrogen (secondary N) is 1.